The van der Waals surface area contributed by atoms with E-state index in [9.17, 15) is 0 Å². The third-order valence-electron chi connectivity index (χ3n) is 14.8. The van der Waals surface area contributed by atoms with Crippen molar-refractivity contribution in [3.63, 3.8) is 0 Å². The first kappa shape index (κ1) is 68.2. The summed E-state index contributed by atoms with van der Waals surface area (Å²) in [5.41, 5.74) is 0. The van der Waals surface area contributed by atoms with E-state index in [1.165, 1.54) is 103 Å². The fourth-order valence-electron chi connectivity index (χ4n) is 10.1. The normalized spacial score (nSPS) is 12.5. The Bertz CT molecular complexity index is 2600. The number of rotatable bonds is 45. The van der Waals surface area contributed by atoms with Crippen LogP contribution in [0.1, 0.15) is 182 Å². The molecule has 6 aromatic carbocycles. The molecule has 0 atom stereocenters. The van der Waals surface area contributed by atoms with E-state index < -0.39 is 52.4 Å². The lowest BCUT2D eigenvalue weighted by atomic mass is 10.1. The Morgan fingerprint density at radius 1 is 0.250 bits per heavy atom. The van der Waals surface area contributed by atoms with Crippen molar-refractivity contribution in [2.45, 2.75) is 211 Å². The van der Waals surface area contributed by atoms with Gasteiger partial charge in [0, 0.05) is 29.4 Å². The topological polar surface area (TPSA) is 124 Å². The van der Waals surface area contributed by atoms with Crippen LogP contribution in [0.5, 0.6) is 23.0 Å². The molecule has 462 valence electrons. The molecule has 0 unspecified atom stereocenters. The van der Waals surface area contributed by atoms with E-state index in [0.717, 1.165) is 51.4 Å². The molecular formula is C70H98O10S4. The molecule has 10 nitrogen and oxygen atoms in total. The molecule has 0 aliphatic heterocycles. The average Bonchev–Trinajstić information content (AvgIpc) is 0.987. The van der Waals surface area contributed by atoms with E-state index in [1.54, 1.807) is 0 Å². The Morgan fingerprint density at radius 2 is 0.452 bits per heavy atom. The Morgan fingerprint density at radius 3 is 0.679 bits per heavy atom. The molecule has 0 bridgehead atoms. The first-order valence-corrected chi connectivity index (χ1v) is 37.8. The number of hydrogen-bond donors (Lipinski definition) is 0. The highest BCUT2D eigenvalue weighted by atomic mass is 32.3. The summed E-state index contributed by atoms with van der Waals surface area (Å²) in [7, 11) is -15.6. The molecule has 0 saturated heterocycles. The summed E-state index contributed by atoms with van der Waals surface area (Å²) in [6.45, 7) is 11.1. The van der Waals surface area contributed by atoms with Gasteiger partial charge in [-0.05, 0) is 168 Å². The molecular weight excluding hydrogens is 1130 g/mol. The number of unbranched alkanes of at least 4 members (excludes halogenated alkanes) is 20. The molecule has 0 amide bonds. The molecule has 0 aliphatic carbocycles. The average molecular weight is 1230 g/mol. The van der Waals surface area contributed by atoms with Crippen LogP contribution >= 0.6 is 20.6 Å². The molecule has 6 rings (SSSR count). The van der Waals surface area contributed by atoms with Gasteiger partial charge in [0.2, 0.25) is 0 Å². The summed E-state index contributed by atoms with van der Waals surface area (Å²) in [6.07, 6.45) is 27.3. The predicted molar refractivity (Wildman–Crippen MR) is 349 cm³/mol. The lowest BCUT2D eigenvalue weighted by Gasteiger charge is -2.40. The van der Waals surface area contributed by atoms with Crippen LogP contribution in [0.25, 0.3) is 0 Å². The lowest BCUT2D eigenvalue weighted by molar-refractivity contribution is 0.304. The zero-order valence-corrected chi connectivity index (χ0v) is 54.2. The Labute approximate surface area is 510 Å². The fraction of sp³-hybridized carbons (Fsp3) is 0.486. The third kappa shape index (κ3) is 22.1. The monoisotopic (exact) mass is 1230 g/mol. The van der Waals surface area contributed by atoms with Crippen LogP contribution in [0.3, 0.4) is 0 Å². The summed E-state index contributed by atoms with van der Waals surface area (Å²) in [6, 6.07) is 48.4. The van der Waals surface area contributed by atoms with Gasteiger partial charge in [0.05, 0.1) is 37.9 Å². The third-order valence-corrected chi connectivity index (χ3v) is 25.4. The zero-order chi connectivity index (χ0) is 59.6. The van der Waals surface area contributed by atoms with Crippen molar-refractivity contribution in [1.82, 2.24) is 0 Å². The van der Waals surface area contributed by atoms with Crippen LogP contribution < -0.4 is 18.9 Å². The van der Waals surface area contributed by atoms with Gasteiger partial charge in [-0.2, -0.15) is 16.8 Å². The van der Waals surface area contributed by atoms with Crippen molar-refractivity contribution >= 4 is 40.9 Å². The van der Waals surface area contributed by atoms with Crippen LogP contribution in [0, 0.1) is 0 Å². The van der Waals surface area contributed by atoms with Crippen LogP contribution in [0.4, 0.5) is 0 Å². The van der Waals surface area contributed by atoms with Gasteiger partial charge in [0.1, 0.15) is 23.0 Å². The van der Waals surface area contributed by atoms with Crippen molar-refractivity contribution in [3.8, 4) is 23.0 Å². The van der Waals surface area contributed by atoms with E-state index >= 15 is 16.8 Å². The summed E-state index contributed by atoms with van der Waals surface area (Å²) in [5, 5.41) is 0. The first-order chi connectivity index (χ1) is 41.0. The standard InChI is InChI=1S/C70H98O10S4/c1-5-9-13-17-21-31-55-75-61-39-47-67(48-40-61)83(65-35-27-25-28-36-65,68-49-41-62(42-50-68)76-56-32-22-18-14-10-6-2)79-81(71,72)59-60-82(73,74)80-84(66-37-29-26-30-38-66,69-51-43-63(44-52-69)77-57-33-23-19-15-11-7-3)70-53-45-64(46-54-70)78-58-34-24-20-16-12-8-4/h25-30,35-54H,5-24,31-34,55-60H2,1-4H3. The molecule has 6 aromatic rings. The van der Waals surface area contributed by atoms with Crippen molar-refractivity contribution in [1.29, 1.82) is 0 Å². The maximum absolute atomic E-state index is 15.1. The maximum Gasteiger partial charge on any atom is 0.278 e. The second-order valence-corrected chi connectivity index (χ2v) is 30.9. The van der Waals surface area contributed by atoms with Crippen LogP contribution in [-0.4, -0.2) is 54.8 Å². The predicted octanol–water partition coefficient (Wildman–Crippen LogP) is 20.4. The molecule has 0 aromatic heterocycles. The Hall–Kier alpha value is -4.96. The van der Waals surface area contributed by atoms with Gasteiger partial charge >= 0.3 is 0 Å². The van der Waals surface area contributed by atoms with Gasteiger partial charge in [0.25, 0.3) is 20.2 Å². The second-order valence-electron chi connectivity index (χ2n) is 21.7. The van der Waals surface area contributed by atoms with Crippen molar-refractivity contribution in [3.05, 3.63) is 158 Å². The summed E-state index contributed by atoms with van der Waals surface area (Å²) in [4.78, 5) is 3.59. The smallest absolute Gasteiger partial charge is 0.278 e. The van der Waals surface area contributed by atoms with Crippen LogP contribution in [0.15, 0.2) is 187 Å². The summed E-state index contributed by atoms with van der Waals surface area (Å²) in [5.74, 6) is 0.857. The van der Waals surface area contributed by atoms with E-state index in [0.29, 0.717) is 78.8 Å². The molecule has 0 radical (unpaired) electrons. The highest BCUT2D eigenvalue weighted by Crippen LogP contribution is 2.71. The minimum Gasteiger partial charge on any atom is -0.494 e. The highest BCUT2D eigenvalue weighted by molar-refractivity contribution is 8.33. The van der Waals surface area contributed by atoms with Gasteiger partial charge < -0.3 is 18.9 Å². The van der Waals surface area contributed by atoms with Crippen LogP contribution in [0.2, 0.25) is 0 Å². The maximum atomic E-state index is 15.1. The van der Waals surface area contributed by atoms with Crippen molar-refractivity contribution in [2.75, 3.05) is 37.9 Å². The highest BCUT2D eigenvalue weighted by Gasteiger charge is 2.41. The van der Waals surface area contributed by atoms with Crippen LogP contribution in [-0.2, 0) is 27.5 Å². The number of benzene rings is 6. The molecule has 0 N–H and O–H groups in total. The van der Waals surface area contributed by atoms with E-state index in [-0.39, 0.29) is 0 Å². The van der Waals surface area contributed by atoms with Gasteiger partial charge in [-0.1, -0.05) is 193 Å². The minimum atomic E-state index is -4.70. The lowest BCUT2D eigenvalue weighted by Crippen LogP contribution is -2.24. The number of ether oxygens (including phenoxy) is 4. The van der Waals surface area contributed by atoms with E-state index in [1.807, 2.05) is 158 Å². The SMILES string of the molecule is CCCCCCCCOc1ccc(S(OS(=O)(=O)CCS(=O)(=O)OS(c2ccccc2)(c2ccc(OCCCCCCCC)cc2)c2ccc(OCCCCCCCC)cc2)(c2ccccc2)c2ccc(OCCCCCCCC)cc2)cc1. The van der Waals surface area contributed by atoms with E-state index in [2.05, 4.69) is 27.7 Å². The quantitative estimate of drug-likeness (QED) is 0.0341. The molecule has 0 aliphatic rings. The fourth-order valence-corrected chi connectivity index (χ4v) is 21.4. The molecule has 0 spiro atoms. The van der Waals surface area contributed by atoms with Crippen molar-refractivity contribution in [2.24, 2.45) is 0 Å². The summed E-state index contributed by atoms with van der Waals surface area (Å²) >= 11 is 0. The zero-order valence-electron chi connectivity index (χ0n) is 50.9. The molecule has 0 heterocycles. The second kappa shape index (κ2) is 37.6. The number of hydrogen-bond acceptors (Lipinski definition) is 10. The van der Waals surface area contributed by atoms with Gasteiger partial charge in [-0.25, -0.2) is 7.26 Å². The van der Waals surface area contributed by atoms with Gasteiger partial charge in [0.15, 0.2) is 0 Å². The largest absolute Gasteiger partial charge is 0.494 e. The Kier molecular flexibility index (Phi) is 30.5. The first-order valence-electron chi connectivity index (χ1n) is 31.5. The minimum absolute atomic E-state index is 0.565. The van der Waals surface area contributed by atoms with E-state index in [4.69, 9.17) is 26.2 Å². The molecule has 84 heavy (non-hydrogen) atoms. The van der Waals surface area contributed by atoms with Crippen molar-refractivity contribution < 1.29 is 43.0 Å². The molecule has 0 fully saturated rings. The summed E-state index contributed by atoms with van der Waals surface area (Å²) < 4.78 is 98.7. The van der Waals surface area contributed by atoms with Gasteiger partial charge in [-0.3, -0.25) is 0 Å². The van der Waals surface area contributed by atoms with Gasteiger partial charge in [-0.15, -0.1) is 0 Å². The Balaban J connectivity index is 1.32. The molecule has 0 saturated carbocycles. The molecule has 14 heteroatoms.